The third kappa shape index (κ3) is 3.01. The SMILES string of the molecule is CCOc1ccc(NC(=O)c2cn(C)c(=O)c3ccccc23)cc1. The molecule has 3 rings (SSSR count). The van der Waals surface area contributed by atoms with Crippen molar-refractivity contribution in [3.8, 4) is 5.75 Å². The number of aryl methyl sites for hydroxylation is 1. The second kappa shape index (κ2) is 6.58. The number of rotatable bonds is 4. The summed E-state index contributed by atoms with van der Waals surface area (Å²) in [5, 5.41) is 4.03. The average molecular weight is 322 g/mol. The molecule has 0 atom stereocenters. The number of amides is 1. The van der Waals surface area contributed by atoms with Gasteiger partial charge in [-0.25, -0.2) is 0 Å². The van der Waals surface area contributed by atoms with E-state index < -0.39 is 0 Å². The van der Waals surface area contributed by atoms with E-state index in [-0.39, 0.29) is 11.5 Å². The van der Waals surface area contributed by atoms with Gasteiger partial charge in [-0.3, -0.25) is 9.59 Å². The Hall–Kier alpha value is -3.08. The van der Waals surface area contributed by atoms with E-state index in [2.05, 4.69) is 5.32 Å². The fourth-order valence-corrected chi connectivity index (χ4v) is 2.60. The van der Waals surface area contributed by atoms with E-state index in [0.717, 1.165) is 5.75 Å². The molecule has 0 aliphatic carbocycles. The van der Waals surface area contributed by atoms with E-state index in [1.807, 2.05) is 13.0 Å². The summed E-state index contributed by atoms with van der Waals surface area (Å²) in [6.07, 6.45) is 1.56. The first-order chi connectivity index (χ1) is 11.6. The first-order valence-corrected chi connectivity index (χ1v) is 7.72. The lowest BCUT2D eigenvalue weighted by atomic mass is 10.1. The molecule has 0 saturated heterocycles. The van der Waals surface area contributed by atoms with Crippen LogP contribution in [0.15, 0.2) is 59.5 Å². The van der Waals surface area contributed by atoms with Crippen molar-refractivity contribution < 1.29 is 9.53 Å². The molecule has 0 aliphatic rings. The van der Waals surface area contributed by atoms with Crippen molar-refractivity contribution in [3.05, 3.63) is 70.6 Å². The fraction of sp³-hybridized carbons (Fsp3) is 0.158. The zero-order chi connectivity index (χ0) is 17.1. The van der Waals surface area contributed by atoms with Gasteiger partial charge < -0.3 is 14.6 Å². The number of benzene rings is 2. The van der Waals surface area contributed by atoms with Gasteiger partial charge in [0.1, 0.15) is 5.75 Å². The summed E-state index contributed by atoms with van der Waals surface area (Å²) in [6, 6.07) is 14.3. The molecule has 2 aromatic carbocycles. The molecule has 3 aromatic rings. The number of nitrogens with one attached hydrogen (secondary N) is 1. The molecule has 1 aromatic heterocycles. The van der Waals surface area contributed by atoms with Crippen molar-refractivity contribution in [1.29, 1.82) is 0 Å². The highest BCUT2D eigenvalue weighted by Gasteiger charge is 2.13. The lowest BCUT2D eigenvalue weighted by Crippen LogP contribution is -2.21. The van der Waals surface area contributed by atoms with E-state index in [9.17, 15) is 9.59 Å². The molecule has 1 N–H and O–H groups in total. The molecular weight excluding hydrogens is 304 g/mol. The number of hydrogen-bond donors (Lipinski definition) is 1. The molecule has 122 valence electrons. The quantitative estimate of drug-likeness (QED) is 0.802. The molecule has 0 radical (unpaired) electrons. The van der Waals surface area contributed by atoms with Gasteiger partial charge in [0.25, 0.3) is 11.5 Å². The Bertz CT molecular complexity index is 943. The maximum absolute atomic E-state index is 12.6. The summed E-state index contributed by atoms with van der Waals surface area (Å²) in [7, 11) is 1.64. The number of nitrogens with zero attached hydrogens (tertiary/aromatic N) is 1. The van der Waals surface area contributed by atoms with Crippen LogP contribution < -0.4 is 15.6 Å². The van der Waals surface area contributed by atoms with Gasteiger partial charge in [0.05, 0.1) is 12.2 Å². The normalized spacial score (nSPS) is 10.6. The molecule has 5 nitrogen and oxygen atoms in total. The minimum absolute atomic E-state index is 0.122. The number of hydrogen-bond acceptors (Lipinski definition) is 3. The molecule has 0 bridgehead atoms. The molecular formula is C19H18N2O3. The second-order valence-electron chi connectivity index (χ2n) is 5.42. The van der Waals surface area contributed by atoms with E-state index >= 15 is 0 Å². The van der Waals surface area contributed by atoms with E-state index in [0.29, 0.717) is 28.6 Å². The second-order valence-corrected chi connectivity index (χ2v) is 5.42. The smallest absolute Gasteiger partial charge is 0.258 e. The predicted molar refractivity (Wildman–Crippen MR) is 94.8 cm³/mol. The Morgan fingerprint density at radius 1 is 1.08 bits per heavy atom. The Morgan fingerprint density at radius 2 is 1.75 bits per heavy atom. The highest BCUT2D eigenvalue weighted by molar-refractivity contribution is 6.12. The lowest BCUT2D eigenvalue weighted by molar-refractivity contribution is 0.102. The van der Waals surface area contributed by atoms with Crippen molar-refractivity contribution in [3.63, 3.8) is 0 Å². The Labute approximate surface area is 139 Å². The minimum Gasteiger partial charge on any atom is -0.494 e. The zero-order valence-corrected chi connectivity index (χ0v) is 13.6. The molecule has 1 heterocycles. The number of carbonyl (C=O) groups excluding carboxylic acids is 1. The largest absolute Gasteiger partial charge is 0.494 e. The summed E-state index contributed by atoms with van der Waals surface area (Å²) in [4.78, 5) is 24.8. The van der Waals surface area contributed by atoms with E-state index in [1.54, 1.807) is 55.7 Å². The van der Waals surface area contributed by atoms with Crippen molar-refractivity contribution in [2.45, 2.75) is 6.92 Å². The maximum atomic E-state index is 12.6. The third-order valence-electron chi connectivity index (χ3n) is 3.76. The molecule has 0 unspecified atom stereocenters. The van der Waals surface area contributed by atoms with Crippen LogP contribution in [0.1, 0.15) is 17.3 Å². The lowest BCUT2D eigenvalue weighted by Gasteiger charge is -2.10. The summed E-state index contributed by atoms with van der Waals surface area (Å²) in [5.74, 6) is 0.494. The molecule has 0 spiro atoms. The first-order valence-electron chi connectivity index (χ1n) is 7.72. The van der Waals surface area contributed by atoms with Crippen LogP contribution in [0.25, 0.3) is 10.8 Å². The van der Waals surface area contributed by atoms with Gasteiger partial charge >= 0.3 is 0 Å². The Balaban J connectivity index is 1.94. The van der Waals surface area contributed by atoms with E-state index in [1.165, 1.54) is 4.57 Å². The van der Waals surface area contributed by atoms with Gasteiger partial charge in [-0.05, 0) is 37.3 Å². The fourth-order valence-electron chi connectivity index (χ4n) is 2.60. The third-order valence-corrected chi connectivity index (χ3v) is 3.76. The molecule has 0 saturated carbocycles. The van der Waals surface area contributed by atoms with Gasteiger partial charge in [0, 0.05) is 29.7 Å². The van der Waals surface area contributed by atoms with Crippen molar-refractivity contribution in [1.82, 2.24) is 4.57 Å². The van der Waals surface area contributed by atoms with Gasteiger partial charge in [-0.15, -0.1) is 0 Å². The molecule has 5 heteroatoms. The van der Waals surface area contributed by atoms with Crippen molar-refractivity contribution >= 4 is 22.4 Å². The van der Waals surface area contributed by atoms with Crippen LogP contribution in [0.4, 0.5) is 5.69 Å². The summed E-state index contributed by atoms with van der Waals surface area (Å²) < 4.78 is 6.81. The minimum atomic E-state index is -0.258. The van der Waals surface area contributed by atoms with Crippen LogP contribution in [0.2, 0.25) is 0 Å². The average Bonchev–Trinajstić information content (AvgIpc) is 2.60. The van der Waals surface area contributed by atoms with Gasteiger partial charge in [-0.2, -0.15) is 0 Å². The number of aromatic nitrogens is 1. The van der Waals surface area contributed by atoms with Gasteiger partial charge in [0.2, 0.25) is 0 Å². The van der Waals surface area contributed by atoms with Crippen LogP contribution in [-0.4, -0.2) is 17.1 Å². The van der Waals surface area contributed by atoms with Crippen LogP contribution in [-0.2, 0) is 7.05 Å². The monoisotopic (exact) mass is 322 g/mol. The van der Waals surface area contributed by atoms with E-state index in [4.69, 9.17) is 4.74 Å². The molecule has 24 heavy (non-hydrogen) atoms. The molecule has 1 amide bonds. The summed E-state index contributed by atoms with van der Waals surface area (Å²) in [5.41, 5.74) is 1.01. The van der Waals surface area contributed by atoms with Gasteiger partial charge in [-0.1, -0.05) is 18.2 Å². The first kappa shape index (κ1) is 15.8. The predicted octanol–water partition coefficient (Wildman–Crippen LogP) is 3.19. The zero-order valence-electron chi connectivity index (χ0n) is 13.6. The Morgan fingerprint density at radius 3 is 2.42 bits per heavy atom. The van der Waals surface area contributed by atoms with Gasteiger partial charge in [0.15, 0.2) is 0 Å². The van der Waals surface area contributed by atoms with Crippen LogP contribution in [0.3, 0.4) is 0 Å². The Kier molecular flexibility index (Phi) is 4.33. The molecule has 0 fully saturated rings. The number of carbonyl (C=O) groups is 1. The van der Waals surface area contributed by atoms with Crippen molar-refractivity contribution in [2.75, 3.05) is 11.9 Å². The maximum Gasteiger partial charge on any atom is 0.258 e. The molecule has 0 aliphatic heterocycles. The summed E-state index contributed by atoms with van der Waals surface area (Å²) >= 11 is 0. The number of ether oxygens (including phenoxy) is 1. The van der Waals surface area contributed by atoms with Crippen LogP contribution in [0, 0.1) is 0 Å². The van der Waals surface area contributed by atoms with Crippen LogP contribution in [0.5, 0.6) is 5.75 Å². The number of pyridine rings is 1. The highest BCUT2D eigenvalue weighted by atomic mass is 16.5. The highest BCUT2D eigenvalue weighted by Crippen LogP contribution is 2.19. The van der Waals surface area contributed by atoms with Crippen LogP contribution >= 0.6 is 0 Å². The number of anilines is 1. The topological polar surface area (TPSA) is 60.3 Å². The standard InChI is InChI=1S/C19H18N2O3/c1-3-24-14-10-8-13(9-11-14)20-18(22)17-12-21(2)19(23)16-7-5-4-6-15(16)17/h4-12H,3H2,1-2H3,(H,20,22). The van der Waals surface area contributed by atoms with Crippen molar-refractivity contribution in [2.24, 2.45) is 7.05 Å². The number of fused-ring (bicyclic) bond motifs is 1. The summed E-state index contributed by atoms with van der Waals surface area (Å²) in [6.45, 7) is 2.51.